The summed E-state index contributed by atoms with van der Waals surface area (Å²) in [5.41, 5.74) is 1.43. The minimum Gasteiger partial charge on any atom is -0.391 e. The monoisotopic (exact) mass is 256 g/mol. The van der Waals surface area contributed by atoms with E-state index in [4.69, 9.17) is 0 Å². The second kappa shape index (κ2) is 3.64. The Morgan fingerprint density at radius 2 is 2.16 bits per heavy atom. The Hall–Kier alpha value is -2.21. The zero-order valence-corrected chi connectivity index (χ0v) is 10.1. The summed E-state index contributed by atoms with van der Waals surface area (Å²) in [6, 6.07) is 7.22. The van der Waals surface area contributed by atoms with Crippen LogP contribution in [0.1, 0.15) is 28.6 Å². The van der Waals surface area contributed by atoms with E-state index in [1.54, 1.807) is 17.3 Å². The van der Waals surface area contributed by atoms with Crippen molar-refractivity contribution in [2.45, 2.75) is 18.6 Å². The van der Waals surface area contributed by atoms with Crippen LogP contribution in [-0.4, -0.2) is 43.3 Å². The standard InChI is InChI=1S/C13H12N4O2/c18-8-5-11-12-15-14-7-17(12)10-4-2-1-3-9(10)13(19)16(11)6-8/h1-4,7-8,11,18H,5-6H2/t8-,11+/m1/s1. The van der Waals surface area contributed by atoms with E-state index in [1.807, 2.05) is 22.8 Å². The summed E-state index contributed by atoms with van der Waals surface area (Å²) in [6.45, 7) is 0.352. The summed E-state index contributed by atoms with van der Waals surface area (Å²) in [4.78, 5) is 14.3. The molecule has 2 aliphatic heterocycles. The molecule has 1 aromatic carbocycles. The van der Waals surface area contributed by atoms with Gasteiger partial charge in [0, 0.05) is 13.0 Å². The van der Waals surface area contributed by atoms with Crippen LogP contribution in [0.5, 0.6) is 0 Å². The number of benzene rings is 1. The van der Waals surface area contributed by atoms with Crippen LogP contribution in [0.3, 0.4) is 0 Å². The van der Waals surface area contributed by atoms with Crippen LogP contribution in [-0.2, 0) is 0 Å². The van der Waals surface area contributed by atoms with Crippen molar-refractivity contribution in [3.05, 3.63) is 42.0 Å². The number of carbonyl (C=O) groups is 1. The fraction of sp³-hybridized carbons (Fsp3) is 0.308. The van der Waals surface area contributed by atoms with Gasteiger partial charge in [-0.2, -0.15) is 0 Å². The van der Waals surface area contributed by atoms with Gasteiger partial charge in [0.05, 0.1) is 23.4 Å². The quantitative estimate of drug-likeness (QED) is 0.746. The molecule has 6 nitrogen and oxygen atoms in total. The summed E-state index contributed by atoms with van der Waals surface area (Å²) in [5, 5.41) is 17.9. The molecule has 0 unspecified atom stereocenters. The molecule has 1 fully saturated rings. The molecule has 2 aliphatic rings. The van der Waals surface area contributed by atoms with Crippen molar-refractivity contribution in [2.24, 2.45) is 0 Å². The van der Waals surface area contributed by atoms with Crippen LogP contribution < -0.4 is 0 Å². The van der Waals surface area contributed by atoms with Crippen LogP contribution in [0.4, 0.5) is 0 Å². The third kappa shape index (κ3) is 1.37. The molecule has 2 aromatic rings. The molecule has 0 aliphatic carbocycles. The first-order valence-corrected chi connectivity index (χ1v) is 6.24. The van der Waals surface area contributed by atoms with E-state index in [0.29, 0.717) is 18.5 Å². The number of hydrogen-bond donors (Lipinski definition) is 1. The summed E-state index contributed by atoms with van der Waals surface area (Å²) in [5.74, 6) is 0.664. The van der Waals surface area contributed by atoms with Gasteiger partial charge in [-0.05, 0) is 12.1 Å². The molecular weight excluding hydrogens is 244 g/mol. The normalized spacial score (nSPS) is 24.7. The highest BCUT2D eigenvalue weighted by Crippen LogP contribution is 2.36. The van der Waals surface area contributed by atoms with E-state index < -0.39 is 6.10 Å². The number of aliphatic hydroxyl groups is 1. The van der Waals surface area contributed by atoms with E-state index >= 15 is 0 Å². The SMILES string of the molecule is O=C1c2ccccc2-n2cnnc2[C@@H]2C[C@@H](O)CN12. The number of hydrogen-bond acceptors (Lipinski definition) is 4. The van der Waals surface area contributed by atoms with Crippen molar-refractivity contribution in [3.63, 3.8) is 0 Å². The zero-order chi connectivity index (χ0) is 13.0. The lowest BCUT2D eigenvalue weighted by atomic mass is 10.1. The number of aromatic nitrogens is 3. The summed E-state index contributed by atoms with van der Waals surface area (Å²) >= 11 is 0. The van der Waals surface area contributed by atoms with Crippen molar-refractivity contribution in [2.75, 3.05) is 6.54 Å². The van der Waals surface area contributed by atoms with Crippen molar-refractivity contribution < 1.29 is 9.90 Å². The van der Waals surface area contributed by atoms with Crippen LogP contribution in [0.2, 0.25) is 0 Å². The van der Waals surface area contributed by atoms with Gasteiger partial charge in [-0.25, -0.2) is 0 Å². The first-order chi connectivity index (χ1) is 9.25. The first-order valence-electron chi connectivity index (χ1n) is 6.24. The lowest BCUT2D eigenvalue weighted by Gasteiger charge is -2.20. The van der Waals surface area contributed by atoms with E-state index in [0.717, 1.165) is 11.5 Å². The average molecular weight is 256 g/mol. The molecule has 0 spiro atoms. The number of amides is 1. The highest BCUT2D eigenvalue weighted by molar-refractivity contribution is 5.98. The fourth-order valence-corrected chi connectivity index (χ4v) is 2.96. The smallest absolute Gasteiger partial charge is 0.256 e. The van der Waals surface area contributed by atoms with E-state index in [2.05, 4.69) is 10.2 Å². The van der Waals surface area contributed by atoms with E-state index in [1.165, 1.54) is 0 Å². The lowest BCUT2D eigenvalue weighted by molar-refractivity contribution is 0.0716. The Balaban J connectivity index is 1.99. The van der Waals surface area contributed by atoms with Crippen molar-refractivity contribution in [3.8, 4) is 5.69 Å². The highest BCUT2D eigenvalue weighted by atomic mass is 16.3. The molecule has 2 atom stereocenters. The van der Waals surface area contributed by atoms with Crippen LogP contribution in [0.25, 0.3) is 5.69 Å². The Morgan fingerprint density at radius 3 is 3.05 bits per heavy atom. The second-order valence-electron chi connectivity index (χ2n) is 4.94. The largest absolute Gasteiger partial charge is 0.391 e. The summed E-state index contributed by atoms with van der Waals surface area (Å²) in [6.07, 6.45) is 1.64. The lowest BCUT2D eigenvalue weighted by Crippen LogP contribution is -2.31. The molecule has 1 N–H and O–H groups in total. The topological polar surface area (TPSA) is 71.2 Å². The van der Waals surface area contributed by atoms with Crippen molar-refractivity contribution in [1.29, 1.82) is 0 Å². The molecule has 0 saturated carbocycles. The van der Waals surface area contributed by atoms with E-state index in [-0.39, 0.29) is 11.9 Å². The molecule has 3 heterocycles. The number of fused-ring (bicyclic) bond motifs is 5. The second-order valence-corrected chi connectivity index (χ2v) is 4.94. The Labute approximate surface area is 109 Å². The molecule has 1 amide bonds. The first kappa shape index (κ1) is 10.7. The van der Waals surface area contributed by atoms with Gasteiger partial charge in [-0.3, -0.25) is 9.36 Å². The molecular formula is C13H12N4O2. The third-order valence-corrected chi connectivity index (χ3v) is 3.81. The third-order valence-electron chi connectivity index (χ3n) is 3.81. The molecule has 96 valence electrons. The predicted molar refractivity (Wildman–Crippen MR) is 65.8 cm³/mol. The molecule has 4 rings (SSSR count). The van der Waals surface area contributed by atoms with Gasteiger partial charge < -0.3 is 10.0 Å². The molecule has 19 heavy (non-hydrogen) atoms. The summed E-state index contributed by atoms with van der Waals surface area (Å²) in [7, 11) is 0. The Kier molecular flexibility index (Phi) is 2.05. The number of carbonyl (C=O) groups excluding carboxylic acids is 1. The van der Waals surface area contributed by atoms with Gasteiger partial charge in [-0.1, -0.05) is 12.1 Å². The number of nitrogens with zero attached hydrogens (tertiary/aromatic N) is 4. The number of rotatable bonds is 0. The van der Waals surface area contributed by atoms with Gasteiger partial charge in [0.25, 0.3) is 5.91 Å². The Bertz CT molecular complexity index is 666. The van der Waals surface area contributed by atoms with Crippen LogP contribution in [0, 0.1) is 0 Å². The average Bonchev–Trinajstić information content (AvgIpc) is 3.02. The minimum atomic E-state index is -0.496. The van der Waals surface area contributed by atoms with Crippen molar-refractivity contribution in [1.82, 2.24) is 19.7 Å². The Morgan fingerprint density at radius 1 is 1.32 bits per heavy atom. The van der Waals surface area contributed by atoms with Crippen LogP contribution >= 0.6 is 0 Å². The maximum Gasteiger partial charge on any atom is 0.256 e. The van der Waals surface area contributed by atoms with Gasteiger partial charge in [0.1, 0.15) is 6.33 Å². The predicted octanol–water partition coefficient (Wildman–Crippen LogP) is 0.529. The maximum atomic E-state index is 12.6. The number of para-hydroxylation sites is 1. The van der Waals surface area contributed by atoms with Crippen LogP contribution in [0.15, 0.2) is 30.6 Å². The fourth-order valence-electron chi connectivity index (χ4n) is 2.96. The summed E-state index contributed by atoms with van der Waals surface area (Å²) < 4.78 is 1.84. The maximum absolute atomic E-state index is 12.6. The van der Waals surface area contributed by atoms with Gasteiger partial charge in [0.15, 0.2) is 5.82 Å². The van der Waals surface area contributed by atoms with Gasteiger partial charge in [0.2, 0.25) is 0 Å². The molecule has 1 saturated heterocycles. The molecule has 0 radical (unpaired) electrons. The minimum absolute atomic E-state index is 0.0531. The number of aliphatic hydroxyl groups excluding tert-OH is 1. The highest BCUT2D eigenvalue weighted by Gasteiger charge is 2.41. The molecule has 1 aromatic heterocycles. The van der Waals surface area contributed by atoms with Crippen molar-refractivity contribution >= 4 is 5.91 Å². The van der Waals surface area contributed by atoms with E-state index in [9.17, 15) is 9.90 Å². The molecule has 6 heteroatoms. The molecule has 0 bridgehead atoms. The zero-order valence-electron chi connectivity index (χ0n) is 10.1. The van der Waals surface area contributed by atoms with Gasteiger partial charge >= 0.3 is 0 Å². The van der Waals surface area contributed by atoms with Gasteiger partial charge in [-0.15, -0.1) is 10.2 Å².